The molecule has 1 amide bonds. The normalized spacial score (nSPS) is 10.3. The predicted octanol–water partition coefficient (Wildman–Crippen LogP) is 4.18. The van der Waals surface area contributed by atoms with Crippen molar-refractivity contribution in [2.45, 2.75) is 13.5 Å². The smallest absolute Gasteiger partial charge is 0.344 e. The highest BCUT2D eigenvalue weighted by atomic mass is 35.5. The number of carbonyl (C=O) groups excluding carboxylic acids is 2. The fraction of sp³-hybridized carbons (Fsp3) is 0.214. The van der Waals surface area contributed by atoms with E-state index in [-0.39, 0.29) is 39.9 Å². The summed E-state index contributed by atoms with van der Waals surface area (Å²) in [4.78, 5) is 26.7. The molecule has 1 N–H and O–H groups in total. The Bertz CT molecular complexity index is 766. The van der Waals surface area contributed by atoms with Gasteiger partial charge < -0.3 is 14.8 Å². The molecule has 0 radical (unpaired) electrons. The number of ether oxygens (including phenoxy) is 2. The van der Waals surface area contributed by atoms with Crippen molar-refractivity contribution in [1.29, 1.82) is 0 Å². The number of aromatic nitrogens is 1. The standard InChI is InChI=1S/C14H11Cl3N2O4S/c1-7(20)18-14-19-8(6-24-14)4-23-13(21)5-22-12-3-10(16)9(15)2-11(12)17/h2-3,6H,4-5H2,1H3,(H,18,19,20). The van der Waals surface area contributed by atoms with Gasteiger partial charge in [0.05, 0.1) is 20.8 Å². The summed E-state index contributed by atoms with van der Waals surface area (Å²) in [6.07, 6.45) is 0. The summed E-state index contributed by atoms with van der Waals surface area (Å²) in [7, 11) is 0. The van der Waals surface area contributed by atoms with Crippen LogP contribution in [0.1, 0.15) is 12.6 Å². The molecule has 0 aliphatic carbocycles. The van der Waals surface area contributed by atoms with Crippen molar-refractivity contribution in [3.05, 3.63) is 38.3 Å². The number of nitrogens with zero attached hydrogens (tertiary/aromatic N) is 1. The first kappa shape index (κ1) is 18.8. The molecule has 0 aliphatic rings. The molecule has 24 heavy (non-hydrogen) atoms. The fourth-order valence-corrected chi connectivity index (χ4v) is 2.86. The van der Waals surface area contributed by atoms with Crippen LogP contribution in [0, 0.1) is 0 Å². The van der Waals surface area contributed by atoms with Gasteiger partial charge in [0.1, 0.15) is 12.4 Å². The number of esters is 1. The molecule has 2 rings (SSSR count). The van der Waals surface area contributed by atoms with Gasteiger partial charge in [-0.15, -0.1) is 11.3 Å². The number of rotatable bonds is 6. The number of thiazole rings is 1. The predicted molar refractivity (Wildman–Crippen MR) is 93.2 cm³/mol. The van der Waals surface area contributed by atoms with E-state index in [9.17, 15) is 9.59 Å². The van der Waals surface area contributed by atoms with E-state index < -0.39 is 5.97 Å². The molecule has 0 saturated carbocycles. The second kappa shape index (κ2) is 8.53. The number of anilines is 1. The van der Waals surface area contributed by atoms with Gasteiger partial charge in [0.2, 0.25) is 5.91 Å². The Kier molecular flexibility index (Phi) is 6.68. The van der Waals surface area contributed by atoms with Crippen molar-refractivity contribution in [2.24, 2.45) is 0 Å². The van der Waals surface area contributed by atoms with Crippen molar-refractivity contribution in [3.63, 3.8) is 0 Å². The molecule has 1 aromatic heterocycles. The van der Waals surface area contributed by atoms with Crippen LogP contribution in [0.4, 0.5) is 5.13 Å². The van der Waals surface area contributed by atoms with Crippen molar-refractivity contribution in [2.75, 3.05) is 11.9 Å². The molecule has 0 aliphatic heterocycles. The van der Waals surface area contributed by atoms with Crippen molar-refractivity contribution in [1.82, 2.24) is 4.98 Å². The van der Waals surface area contributed by atoms with Crippen LogP contribution in [-0.4, -0.2) is 23.5 Å². The molecule has 6 nitrogen and oxygen atoms in total. The first-order valence-corrected chi connectivity index (χ1v) is 8.51. The van der Waals surface area contributed by atoms with Gasteiger partial charge in [0.25, 0.3) is 0 Å². The SMILES string of the molecule is CC(=O)Nc1nc(COC(=O)COc2cc(Cl)c(Cl)cc2Cl)cs1. The minimum atomic E-state index is -0.605. The molecule has 0 atom stereocenters. The maximum absolute atomic E-state index is 11.7. The van der Waals surface area contributed by atoms with Gasteiger partial charge in [-0.2, -0.15) is 0 Å². The molecule has 1 heterocycles. The minimum absolute atomic E-state index is 0.0343. The Morgan fingerprint density at radius 3 is 2.62 bits per heavy atom. The third-order valence-electron chi connectivity index (χ3n) is 2.54. The van der Waals surface area contributed by atoms with Crippen LogP contribution in [-0.2, 0) is 20.9 Å². The molecular formula is C14H11Cl3N2O4S. The Labute approximate surface area is 156 Å². The summed E-state index contributed by atoms with van der Waals surface area (Å²) in [5.74, 6) is -0.601. The van der Waals surface area contributed by atoms with E-state index in [4.69, 9.17) is 44.3 Å². The van der Waals surface area contributed by atoms with Gasteiger partial charge in [0.15, 0.2) is 11.7 Å². The van der Waals surface area contributed by atoms with Crippen LogP contribution in [0.15, 0.2) is 17.5 Å². The van der Waals surface area contributed by atoms with Crippen LogP contribution in [0.5, 0.6) is 5.75 Å². The number of carbonyl (C=O) groups is 2. The summed E-state index contributed by atoms with van der Waals surface area (Å²) >= 11 is 18.8. The summed E-state index contributed by atoms with van der Waals surface area (Å²) < 4.78 is 10.3. The highest BCUT2D eigenvalue weighted by Gasteiger charge is 2.11. The molecular weight excluding hydrogens is 399 g/mol. The highest BCUT2D eigenvalue weighted by molar-refractivity contribution is 7.13. The average Bonchev–Trinajstić information content (AvgIpc) is 2.94. The van der Waals surface area contributed by atoms with Crippen LogP contribution >= 0.6 is 46.1 Å². The lowest BCUT2D eigenvalue weighted by atomic mass is 10.3. The molecule has 10 heteroatoms. The molecule has 128 valence electrons. The Hall–Kier alpha value is -1.54. The fourth-order valence-electron chi connectivity index (χ4n) is 1.53. The average molecular weight is 410 g/mol. The lowest BCUT2D eigenvalue weighted by Crippen LogP contribution is -2.15. The van der Waals surface area contributed by atoms with Gasteiger partial charge in [-0.3, -0.25) is 4.79 Å². The number of halogens is 3. The highest BCUT2D eigenvalue weighted by Crippen LogP contribution is 2.33. The van der Waals surface area contributed by atoms with E-state index in [2.05, 4.69) is 10.3 Å². The first-order chi connectivity index (χ1) is 11.3. The summed E-state index contributed by atoms with van der Waals surface area (Å²) in [5, 5.41) is 5.44. The van der Waals surface area contributed by atoms with E-state index in [1.54, 1.807) is 5.38 Å². The molecule has 0 saturated heterocycles. The molecule has 0 bridgehead atoms. The van der Waals surface area contributed by atoms with Gasteiger partial charge in [-0.05, 0) is 6.07 Å². The van der Waals surface area contributed by atoms with Gasteiger partial charge in [-0.25, -0.2) is 9.78 Å². The lowest BCUT2D eigenvalue weighted by Gasteiger charge is -2.09. The minimum Gasteiger partial charge on any atom is -0.480 e. The summed E-state index contributed by atoms with van der Waals surface area (Å²) in [6, 6.07) is 2.84. The zero-order valence-electron chi connectivity index (χ0n) is 12.3. The van der Waals surface area contributed by atoms with E-state index in [1.165, 1.54) is 30.4 Å². The zero-order chi connectivity index (χ0) is 17.7. The molecule has 1 aromatic carbocycles. The third kappa shape index (κ3) is 5.52. The van der Waals surface area contributed by atoms with Crippen molar-refractivity contribution >= 4 is 63.1 Å². The van der Waals surface area contributed by atoms with Crippen LogP contribution in [0.25, 0.3) is 0 Å². The van der Waals surface area contributed by atoms with Crippen LogP contribution in [0.2, 0.25) is 15.1 Å². The Morgan fingerprint density at radius 2 is 1.92 bits per heavy atom. The van der Waals surface area contributed by atoms with Gasteiger partial charge in [0, 0.05) is 18.4 Å². The third-order valence-corrected chi connectivity index (χ3v) is 4.36. The van der Waals surface area contributed by atoms with E-state index in [1.807, 2.05) is 0 Å². The van der Waals surface area contributed by atoms with Crippen molar-refractivity contribution in [3.8, 4) is 5.75 Å². The first-order valence-electron chi connectivity index (χ1n) is 6.50. The van der Waals surface area contributed by atoms with Gasteiger partial charge >= 0.3 is 5.97 Å². The second-order valence-electron chi connectivity index (χ2n) is 4.47. The molecule has 2 aromatic rings. The topological polar surface area (TPSA) is 77.5 Å². The van der Waals surface area contributed by atoms with E-state index >= 15 is 0 Å². The number of benzene rings is 1. The Balaban J connectivity index is 1.82. The maximum Gasteiger partial charge on any atom is 0.344 e. The largest absolute Gasteiger partial charge is 0.480 e. The molecule has 0 fully saturated rings. The zero-order valence-corrected chi connectivity index (χ0v) is 15.4. The van der Waals surface area contributed by atoms with Crippen molar-refractivity contribution < 1.29 is 19.1 Å². The van der Waals surface area contributed by atoms with Crippen LogP contribution < -0.4 is 10.1 Å². The van der Waals surface area contributed by atoms with Gasteiger partial charge in [-0.1, -0.05) is 34.8 Å². The van der Waals surface area contributed by atoms with Crippen LogP contribution in [0.3, 0.4) is 0 Å². The summed E-state index contributed by atoms with van der Waals surface area (Å²) in [6.45, 7) is 1.00. The van der Waals surface area contributed by atoms with E-state index in [0.717, 1.165) is 0 Å². The number of hydrogen-bond donors (Lipinski definition) is 1. The Morgan fingerprint density at radius 1 is 1.21 bits per heavy atom. The number of hydrogen-bond acceptors (Lipinski definition) is 6. The molecule has 0 spiro atoms. The monoisotopic (exact) mass is 408 g/mol. The lowest BCUT2D eigenvalue weighted by molar-refractivity contribution is -0.147. The second-order valence-corrected chi connectivity index (χ2v) is 6.55. The summed E-state index contributed by atoms with van der Waals surface area (Å²) in [5.41, 5.74) is 0.518. The number of nitrogens with one attached hydrogen (secondary N) is 1. The maximum atomic E-state index is 11.7. The van der Waals surface area contributed by atoms with E-state index in [0.29, 0.717) is 10.8 Å². The molecule has 0 unspecified atom stereocenters. The number of amides is 1. The quantitative estimate of drug-likeness (QED) is 0.572.